The Morgan fingerprint density at radius 3 is 2.74 bits per heavy atom. The van der Waals surface area contributed by atoms with Crippen LogP contribution in [0.5, 0.6) is 5.75 Å². The van der Waals surface area contributed by atoms with Crippen LogP contribution >= 0.6 is 0 Å². The zero-order valence-corrected chi connectivity index (χ0v) is 19.7. The molecule has 4 heterocycles. The third kappa shape index (κ3) is 4.05. The number of carbonyl (C=O) groups is 1. The fraction of sp³-hybridized carbons (Fsp3) is 0.320. The largest absolute Gasteiger partial charge is 0.496 e. The van der Waals surface area contributed by atoms with Gasteiger partial charge in [-0.05, 0) is 44.0 Å². The minimum atomic E-state index is 0.0304. The second-order valence-corrected chi connectivity index (χ2v) is 8.64. The molecule has 1 N–H and O–H groups in total. The maximum atomic E-state index is 11.9. The molecule has 3 aromatic heterocycles. The van der Waals surface area contributed by atoms with Gasteiger partial charge in [0, 0.05) is 43.4 Å². The predicted molar refractivity (Wildman–Crippen MR) is 130 cm³/mol. The van der Waals surface area contributed by atoms with E-state index in [1.165, 1.54) is 0 Å². The van der Waals surface area contributed by atoms with Crippen LogP contribution in [0, 0.1) is 13.8 Å². The van der Waals surface area contributed by atoms with Crippen molar-refractivity contribution in [3.8, 4) is 17.0 Å². The standard InChI is InChI=1S/C25H27N7O2/c1-15-5-8-21(34-4)16(2)24(15)32(14-18-6-10-23(33)28-18)22-9-7-19-25(30-22)29-20(12-26-19)17-11-27-31(3)13-17/h5,7-9,11-13,18H,6,10,14H2,1-4H3,(H,28,33). The van der Waals surface area contributed by atoms with Crippen LogP contribution in [-0.2, 0) is 11.8 Å². The van der Waals surface area contributed by atoms with E-state index in [1.807, 2.05) is 44.4 Å². The Balaban J connectivity index is 1.62. The molecule has 0 radical (unpaired) electrons. The number of anilines is 2. The smallest absolute Gasteiger partial charge is 0.220 e. The second kappa shape index (κ2) is 8.74. The van der Waals surface area contributed by atoms with Crippen molar-refractivity contribution in [2.24, 2.45) is 7.05 Å². The lowest BCUT2D eigenvalue weighted by Gasteiger charge is -2.30. The fourth-order valence-corrected chi connectivity index (χ4v) is 4.52. The Morgan fingerprint density at radius 1 is 1.18 bits per heavy atom. The molecule has 9 nitrogen and oxygen atoms in total. The lowest BCUT2D eigenvalue weighted by atomic mass is 10.1. The van der Waals surface area contributed by atoms with Gasteiger partial charge in [0.05, 0.1) is 30.9 Å². The van der Waals surface area contributed by atoms with E-state index in [1.54, 1.807) is 24.2 Å². The van der Waals surface area contributed by atoms with Crippen molar-refractivity contribution >= 4 is 28.6 Å². The van der Waals surface area contributed by atoms with Crippen LogP contribution in [0.4, 0.5) is 11.5 Å². The summed E-state index contributed by atoms with van der Waals surface area (Å²) in [4.78, 5) is 28.3. The van der Waals surface area contributed by atoms with E-state index in [-0.39, 0.29) is 11.9 Å². The molecule has 1 atom stereocenters. The Morgan fingerprint density at radius 2 is 2.03 bits per heavy atom. The minimum absolute atomic E-state index is 0.0304. The molecular weight excluding hydrogens is 430 g/mol. The highest BCUT2D eigenvalue weighted by Gasteiger charge is 2.27. The first-order chi connectivity index (χ1) is 16.4. The van der Waals surface area contributed by atoms with Gasteiger partial charge in [-0.25, -0.2) is 9.97 Å². The van der Waals surface area contributed by atoms with Crippen LogP contribution in [0.25, 0.3) is 22.4 Å². The Hall–Kier alpha value is -4.01. The molecule has 0 bridgehead atoms. The van der Waals surface area contributed by atoms with Crippen molar-refractivity contribution in [3.05, 3.63) is 54.0 Å². The molecule has 0 saturated carbocycles. The number of nitrogens with one attached hydrogen (secondary N) is 1. The van der Waals surface area contributed by atoms with Gasteiger partial charge in [0.25, 0.3) is 0 Å². The fourth-order valence-electron chi connectivity index (χ4n) is 4.52. The molecule has 0 spiro atoms. The van der Waals surface area contributed by atoms with Crippen LogP contribution in [0.3, 0.4) is 0 Å². The molecule has 1 amide bonds. The van der Waals surface area contributed by atoms with Crippen molar-refractivity contribution in [3.63, 3.8) is 0 Å². The number of aromatic nitrogens is 5. The summed E-state index contributed by atoms with van der Waals surface area (Å²) in [7, 11) is 3.54. The molecule has 1 aliphatic heterocycles. The molecule has 1 saturated heterocycles. The third-order valence-corrected chi connectivity index (χ3v) is 6.23. The summed E-state index contributed by atoms with van der Waals surface area (Å²) in [5.74, 6) is 1.63. The Bertz CT molecular complexity index is 1380. The van der Waals surface area contributed by atoms with Gasteiger partial charge in [-0.15, -0.1) is 0 Å². The summed E-state index contributed by atoms with van der Waals surface area (Å²) >= 11 is 0. The lowest BCUT2D eigenvalue weighted by molar-refractivity contribution is -0.119. The van der Waals surface area contributed by atoms with E-state index < -0.39 is 0 Å². The average molecular weight is 458 g/mol. The summed E-state index contributed by atoms with van der Waals surface area (Å²) < 4.78 is 7.34. The summed E-state index contributed by atoms with van der Waals surface area (Å²) in [6.07, 6.45) is 6.73. The van der Waals surface area contributed by atoms with E-state index in [2.05, 4.69) is 27.2 Å². The second-order valence-electron chi connectivity index (χ2n) is 8.64. The summed E-state index contributed by atoms with van der Waals surface area (Å²) in [6.45, 7) is 4.71. The number of amides is 1. The number of methoxy groups -OCH3 is 1. The van der Waals surface area contributed by atoms with E-state index in [0.29, 0.717) is 29.8 Å². The Kier molecular flexibility index (Phi) is 5.61. The number of hydrogen-bond acceptors (Lipinski definition) is 7. The number of hydrogen-bond donors (Lipinski definition) is 1. The monoisotopic (exact) mass is 457 g/mol. The van der Waals surface area contributed by atoms with Gasteiger partial charge >= 0.3 is 0 Å². The highest BCUT2D eigenvalue weighted by atomic mass is 16.5. The normalized spacial score (nSPS) is 15.5. The van der Waals surface area contributed by atoms with Crippen molar-refractivity contribution in [2.45, 2.75) is 32.7 Å². The topological polar surface area (TPSA) is 98.1 Å². The first-order valence-electron chi connectivity index (χ1n) is 11.3. The van der Waals surface area contributed by atoms with E-state index >= 15 is 0 Å². The summed E-state index contributed by atoms with van der Waals surface area (Å²) in [5, 5.41) is 7.32. The minimum Gasteiger partial charge on any atom is -0.496 e. The van der Waals surface area contributed by atoms with Gasteiger partial charge in [0.15, 0.2) is 5.65 Å². The van der Waals surface area contributed by atoms with E-state index in [9.17, 15) is 4.79 Å². The van der Waals surface area contributed by atoms with Crippen LogP contribution in [0.2, 0.25) is 0 Å². The average Bonchev–Trinajstić information content (AvgIpc) is 3.45. The van der Waals surface area contributed by atoms with Crippen molar-refractivity contribution < 1.29 is 9.53 Å². The van der Waals surface area contributed by atoms with Gasteiger partial charge in [-0.2, -0.15) is 5.10 Å². The molecule has 1 aromatic carbocycles. The number of rotatable bonds is 6. The Labute approximate surface area is 197 Å². The zero-order chi connectivity index (χ0) is 23.8. The van der Waals surface area contributed by atoms with Gasteiger partial charge in [0.1, 0.15) is 17.1 Å². The number of carbonyl (C=O) groups excluding carboxylic acids is 1. The van der Waals surface area contributed by atoms with E-state index in [4.69, 9.17) is 14.7 Å². The number of fused-ring (bicyclic) bond motifs is 1. The molecule has 9 heteroatoms. The molecule has 5 rings (SSSR count). The summed E-state index contributed by atoms with van der Waals surface area (Å²) in [5.41, 5.74) is 6.00. The van der Waals surface area contributed by atoms with E-state index in [0.717, 1.165) is 40.4 Å². The third-order valence-electron chi connectivity index (χ3n) is 6.23. The van der Waals surface area contributed by atoms with Crippen molar-refractivity contribution in [2.75, 3.05) is 18.6 Å². The molecule has 1 aliphatic rings. The van der Waals surface area contributed by atoms with Crippen LogP contribution in [-0.4, -0.2) is 50.3 Å². The molecule has 174 valence electrons. The number of aryl methyl sites for hydroxylation is 2. The molecule has 34 heavy (non-hydrogen) atoms. The van der Waals surface area contributed by atoms with Crippen LogP contribution < -0.4 is 15.0 Å². The van der Waals surface area contributed by atoms with Gasteiger partial charge in [-0.3, -0.25) is 14.5 Å². The SMILES string of the molecule is COc1ccc(C)c(N(CC2CCC(=O)N2)c2ccc3ncc(-c4cnn(C)c4)nc3n2)c1C. The lowest BCUT2D eigenvalue weighted by Crippen LogP contribution is -2.37. The first-order valence-corrected chi connectivity index (χ1v) is 11.3. The highest BCUT2D eigenvalue weighted by molar-refractivity contribution is 5.80. The highest BCUT2D eigenvalue weighted by Crippen LogP contribution is 2.36. The molecule has 1 fully saturated rings. The summed E-state index contributed by atoms with van der Waals surface area (Å²) in [6, 6.07) is 7.94. The van der Waals surface area contributed by atoms with Crippen LogP contribution in [0.1, 0.15) is 24.0 Å². The predicted octanol–water partition coefficient (Wildman–Crippen LogP) is 3.47. The maximum absolute atomic E-state index is 11.9. The van der Waals surface area contributed by atoms with Crippen LogP contribution in [0.15, 0.2) is 42.9 Å². The van der Waals surface area contributed by atoms with Gasteiger partial charge in [-0.1, -0.05) is 6.07 Å². The molecule has 4 aromatic rings. The number of benzene rings is 1. The maximum Gasteiger partial charge on any atom is 0.220 e. The van der Waals surface area contributed by atoms with Gasteiger partial charge < -0.3 is 15.0 Å². The number of nitrogens with zero attached hydrogens (tertiary/aromatic N) is 6. The quantitative estimate of drug-likeness (QED) is 0.473. The molecule has 1 unspecified atom stereocenters. The molecule has 0 aliphatic carbocycles. The first kappa shape index (κ1) is 21.8. The molecular formula is C25H27N7O2. The van der Waals surface area contributed by atoms with Crippen molar-refractivity contribution in [1.29, 1.82) is 0 Å². The van der Waals surface area contributed by atoms with Gasteiger partial charge in [0.2, 0.25) is 5.91 Å². The van der Waals surface area contributed by atoms with Crippen molar-refractivity contribution in [1.82, 2.24) is 30.0 Å². The number of pyridine rings is 1. The zero-order valence-electron chi connectivity index (χ0n) is 19.7. The number of ether oxygens (including phenoxy) is 1.